The molecule has 0 atom stereocenters. The SMILES string of the molecule is CCOC(=O)c1nc(C)oc1Cn1c(NC2CCN(CCNC(=O)OC(C)(C)C)CC2)nc2ccccc21. The first-order valence-corrected chi connectivity index (χ1v) is 13.2. The van der Waals surface area contributed by atoms with E-state index >= 15 is 0 Å². The van der Waals surface area contributed by atoms with Gasteiger partial charge in [0.05, 0.1) is 24.2 Å². The number of nitrogens with zero attached hydrogens (tertiary/aromatic N) is 4. The number of carbonyl (C=O) groups is 2. The second kappa shape index (κ2) is 11.8. The molecule has 11 heteroatoms. The summed E-state index contributed by atoms with van der Waals surface area (Å²) in [5.74, 6) is 1.09. The molecule has 1 aliphatic heterocycles. The maximum Gasteiger partial charge on any atom is 0.407 e. The molecule has 3 aromatic rings. The van der Waals surface area contributed by atoms with Crippen LogP contribution in [0.3, 0.4) is 0 Å². The lowest BCUT2D eigenvalue weighted by Gasteiger charge is -2.32. The monoisotopic (exact) mass is 526 g/mol. The van der Waals surface area contributed by atoms with Crippen LogP contribution >= 0.6 is 0 Å². The van der Waals surface area contributed by atoms with E-state index in [2.05, 4.69) is 20.5 Å². The number of carbonyl (C=O) groups excluding carboxylic acids is 2. The molecule has 0 unspecified atom stereocenters. The number of likely N-dealkylation sites (tertiary alicyclic amines) is 1. The summed E-state index contributed by atoms with van der Waals surface area (Å²) in [6.45, 7) is 12.7. The van der Waals surface area contributed by atoms with Crippen LogP contribution < -0.4 is 10.6 Å². The molecule has 0 aliphatic carbocycles. The second-order valence-corrected chi connectivity index (χ2v) is 10.4. The van der Waals surface area contributed by atoms with Crippen molar-refractivity contribution in [2.24, 2.45) is 0 Å². The minimum Gasteiger partial charge on any atom is -0.461 e. The van der Waals surface area contributed by atoms with Gasteiger partial charge in [-0.3, -0.25) is 0 Å². The van der Waals surface area contributed by atoms with Crippen molar-refractivity contribution in [2.45, 2.75) is 65.6 Å². The molecule has 4 rings (SSSR count). The number of anilines is 1. The van der Waals surface area contributed by atoms with Crippen molar-refractivity contribution in [3.05, 3.63) is 41.6 Å². The Morgan fingerprint density at radius 3 is 2.61 bits per heavy atom. The van der Waals surface area contributed by atoms with Crippen molar-refractivity contribution in [2.75, 3.05) is 38.1 Å². The average molecular weight is 527 g/mol. The van der Waals surface area contributed by atoms with E-state index in [0.717, 1.165) is 49.5 Å². The molecule has 1 fully saturated rings. The van der Waals surface area contributed by atoms with Crippen LogP contribution in [0.25, 0.3) is 11.0 Å². The molecule has 2 N–H and O–H groups in total. The fourth-order valence-electron chi connectivity index (χ4n) is 4.54. The Morgan fingerprint density at radius 2 is 1.89 bits per heavy atom. The van der Waals surface area contributed by atoms with Gasteiger partial charge in [0.15, 0.2) is 17.3 Å². The van der Waals surface area contributed by atoms with Crippen LogP contribution in [0.15, 0.2) is 28.7 Å². The lowest BCUT2D eigenvalue weighted by Crippen LogP contribution is -2.43. The fourth-order valence-corrected chi connectivity index (χ4v) is 4.54. The summed E-state index contributed by atoms with van der Waals surface area (Å²) >= 11 is 0. The molecular weight excluding hydrogens is 488 g/mol. The van der Waals surface area contributed by atoms with Crippen LogP contribution in [0, 0.1) is 6.92 Å². The number of hydrogen-bond donors (Lipinski definition) is 2. The molecule has 206 valence electrons. The van der Waals surface area contributed by atoms with Crippen LogP contribution in [-0.4, -0.2) is 75.9 Å². The zero-order valence-corrected chi connectivity index (χ0v) is 22.9. The van der Waals surface area contributed by atoms with E-state index in [1.165, 1.54) is 0 Å². The number of imidazole rings is 1. The number of aryl methyl sites for hydroxylation is 1. The highest BCUT2D eigenvalue weighted by atomic mass is 16.6. The number of hydrogen-bond acceptors (Lipinski definition) is 9. The lowest BCUT2D eigenvalue weighted by atomic mass is 10.1. The fraction of sp³-hybridized carbons (Fsp3) is 0.556. The van der Waals surface area contributed by atoms with Crippen molar-refractivity contribution in [3.63, 3.8) is 0 Å². The predicted octanol–water partition coefficient (Wildman–Crippen LogP) is 3.96. The van der Waals surface area contributed by atoms with Crippen LogP contribution in [0.4, 0.5) is 10.7 Å². The first-order chi connectivity index (χ1) is 18.1. The van der Waals surface area contributed by atoms with E-state index in [9.17, 15) is 9.59 Å². The van der Waals surface area contributed by atoms with Gasteiger partial charge in [-0.1, -0.05) is 12.1 Å². The lowest BCUT2D eigenvalue weighted by molar-refractivity contribution is 0.0508. The number of fused-ring (bicyclic) bond motifs is 1. The molecule has 0 saturated carbocycles. The smallest absolute Gasteiger partial charge is 0.407 e. The van der Waals surface area contributed by atoms with Gasteiger partial charge < -0.3 is 34.0 Å². The van der Waals surface area contributed by atoms with Crippen LogP contribution in [0.1, 0.15) is 62.7 Å². The highest BCUT2D eigenvalue weighted by molar-refractivity contribution is 5.88. The van der Waals surface area contributed by atoms with E-state index in [-0.39, 0.29) is 24.4 Å². The highest BCUT2D eigenvalue weighted by Crippen LogP contribution is 2.25. The Labute approximate surface area is 222 Å². The molecule has 2 aromatic heterocycles. The second-order valence-electron chi connectivity index (χ2n) is 10.4. The van der Waals surface area contributed by atoms with Crippen molar-refractivity contribution in [3.8, 4) is 0 Å². The van der Waals surface area contributed by atoms with Gasteiger partial charge in [-0.25, -0.2) is 19.6 Å². The number of ether oxygens (including phenoxy) is 2. The van der Waals surface area contributed by atoms with Gasteiger partial charge >= 0.3 is 12.1 Å². The molecule has 0 radical (unpaired) electrons. The maximum absolute atomic E-state index is 12.5. The number of alkyl carbamates (subject to hydrolysis) is 1. The number of esters is 1. The summed E-state index contributed by atoms with van der Waals surface area (Å²) in [6, 6.07) is 8.12. The van der Waals surface area contributed by atoms with Crippen LogP contribution in [0.5, 0.6) is 0 Å². The molecule has 38 heavy (non-hydrogen) atoms. The molecule has 1 saturated heterocycles. The van der Waals surface area contributed by atoms with E-state index in [0.29, 0.717) is 24.7 Å². The number of para-hydroxylation sites is 2. The van der Waals surface area contributed by atoms with E-state index < -0.39 is 11.6 Å². The number of nitrogens with one attached hydrogen (secondary N) is 2. The Morgan fingerprint density at radius 1 is 1.16 bits per heavy atom. The molecule has 11 nitrogen and oxygen atoms in total. The van der Waals surface area contributed by atoms with Crippen molar-refractivity contribution in [1.82, 2.24) is 24.8 Å². The molecule has 0 bridgehead atoms. The van der Waals surface area contributed by atoms with E-state index in [4.69, 9.17) is 18.9 Å². The van der Waals surface area contributed by atoms with Gasteiger partial charge in [0.1, 0.15) is 5.60 Å². The summed E-state index contributed by atoms with van der Waals surface area (Å²) in [7, 11) is 0. The van der Waals surface area contributed by atoms with Crippen molar-refractivity contribution in [1.29, 1.82) is 0 Å². The first kappa shape index (κ1) is 27.4. The van der Waals surface area contributed by atoms with Gasteiger partial charge in [0.2, 0.25) is 5.95 Å². The number of aromatic nitrogens is 3. The third-order valence-corrected chi connectivity index (χ3v) is 6.25. The zero-order chi connectivity index (χ0) is 27.3. The van der Waals surface area contributed by atoms with E-state index in [1.807, 2.05) is 49.6 Å². The number of piperidine rings is 1. The van der Waals surface area contributed by atoms with Crippen molar-refractivity contribution < 1.29 is 23.5 Å². The molecule has 1 aromatic carbocycles. The van der Waals surface area contributed by atoms with Gasteiger partial charge in [0.25, 0.3) is 0 Å². The number of benzene rings is 1. The van der Waals surface area contributed by atoms with Gasteiger partial charge in [-0.2, -0.15) is 0 Å². The van der Waals surface area contributed by atoms with Gasteiger partial charge in [-0.15, -0.1) is 0 Å². The zero-order valence-electron chi connectivity index (χ0n) is 22.9. The Kier molecular flexibility index (Phi) is 8.55. The van der Waals surface area contributed by atoms with Gasteiger partial charge in [-0.05, 0) is 52.7 Å². The minimum absolute atomic E-state index is 0.196. The number of amides is 1. The Balaban J connectivity index is 1.39. The van der Waals surface area contributed by atoms with Crippen LogP contribution in [0.2, 0.25) is 0 Å². The van der Waals surface area contributed by atoms with Crippen LogP contribution in [-0.2, 0) is 16.0 Å². The summed E-state index contributed by atoms with van der Waals surface area (Å²) < 4.78 is 18.3. The predicted molar refractivity (Wildman–Crippen MR) is 143 cm³/mol. The topological polar surface area (TPSA) is 124 Å². The molecule has 3 heterocycles. The standard InChI is InChI=1S/C27H38N6O5/c1-6-36-24(34)23-22(37-18(2)29-23)17-33-21-10-8-7-9-20(21)31-25(33)30-19-11-14-32(15-12-19)16-13-28-26(35)38-27(3,4)5/h7-10,19H,6,11-17H2,1-5H3,(H,28,35)(H,30,31). The molecule has 1 amide bonds. The summed E-state index contributed by atoms with van der Waals surface area (Å²) in [5, 5.41) is 6.44. The maximum atomic E-state index is 12.5. The van der Waals surface area contributed by atoms with Gasteiger partial charge in [0, 0.05) is 39.1 Å². The number of rotatable bonds is 9. The largest absolute Gasteiger partial charge is 0.461 e. The molecular formula is C27H38N6O5. The first-order valence-electron chi connectivity index (χ1n) is 13.2. The highest BCUT2D eigenvalue weighted by Gasteiger charge is 2.25. The van der Waals surface area contributed by atoms with E-state index in [1.54, 1.807) is 13.8 Å². The molecule has 1 aliphatic rings. The quantitative estimate of drug-likeness (QED) is 0.399. The summed E-state index contributed by atoms with van der Waals surface area (Å²) in [4.78, 5) is 35.8. The minimum atomic E-state index is -0.503. The normalized spacial score (nSPS) is 15.0. The number of oxazole rings is 1. The third-order valence-electron chi connectivity index (χ3n) is 6.25. The molecule has 0 spiro atoms. The Bertz CT molecular complexity index is 1250. The third kappa shape index (κ3) is 7.03. The average Bonchev–Trinajstić information content (AvgIpc) is 3.39. The summed E-state index contributed by atoms with van der Waals surface area (Å²) in [5.41, 5.74) is 1.48. The Hall–Kier alpha value is -3.60. The summed E-state index contributed by atoms with van der Waals surface area (Å²) in [6.07, 6.45) is 1.48. The van der Waals surface area contributed by atoms with Crippen molar-refractivity contribution >= 4 is 29.0 Å².